The Morgan fingerprint density at radius 3 is 2.75 bits per heavy atom. The van der Waals surface area contributed by atoms with Crippen LogP contribution >= 0.6 is 11.6 Å². The van der Waals surface area contributed by atoms with Gasteiger partial charge in [0.25, 0.3) is 0 Å². The average molecular weight is 386 g/mol. The van der Waals surface area contributed by atoms with Gasteiger partial charge >= 0.3 is 0 Å². The fraction of sp³-hybridized carbons (Fsp3) is 0.0455. The quantitative estimate of drug-likeness (QED) is 0.440. The molecule has 5 nitrogen and oxygen atoms in total. The van der Waals surface area contributed by atoms with Crippen LogP contribution in [-0.4, -0.2) is 19.5 Å². The van der Waals surface area contributed by atoms with Crippen molar-refractivity contribution in [2.75, 3.05) is 5.32 Å². The van der Waals surface area contributed by atoms with Crippen molar-refractivity contribution in [3.05, 3.63) is 78.5 Å². The largest absolute Gasteiger partial charge is 0.353 e. The monoisotopic (exact) mass is 385 g/mol. The standard InChI is InChI=1S/C22H16ClN5/c1-28-9-5-15-10-14(2-3-21(15)28)17-11-16(12-19-22(17)26-8-7-25-19)27-20-13-24-6-4-18(20)23/h2-13,27H,1H3. The van der Waals surface area contributed by atoms with Gasteiger partial charge in [-0.3, -0.25) is 15.0 Å². The maximum absolute atomic E-state index is 6.28. The molecular weight excluding hydrogens is 370 g/mol. The van der Waals surface area contributed by atoms with Gasteiger partial charge < -0.3 is 9.88 Å². The minimum Gasteiger partial charge on any atom is -0.353 e. The van der Waals surface area contributed by atoms with Crippen LogP contribution in [0, 0.1) is 0 Å². The van der Waals surface area contributed by atoms with Crippen molar-refractivity contribution in [3.63, 3.8) is 0 Å². The number of benzene rings is 2. The van der Waals surface area contributed by atoms with E-state index in [2.05, 4.69) is 61.4 Å². The molecule has 3 heterocycles. The molecule has 2 aromatic carbocycles. The lowest BCUT2D eigenvalue weighted by Gasteiger charge is -2.12. The normalized spacial score (nSPS) is 11.2. The van der Waals surface area contributed by atoms with E-state index in [1.807, 2.05) is 13.1 Å². The Morgan fingerprint density at radius 1 is 0.964 bits per heavy atom. The minimum atomic E-state index is 0.612. The smallest absolute Gasteiger partial charge is 0.0966 e. The van der Waals surface area contributed by atoms with Crippen LogP contribution in [0.4, 0.5) is 11.4 Å². The first-order chi connectivity index (χ1) is 13.7. The molecule has 0 atom stereocenters. The van der Waals surface area contributed by atoms with Gasteiger partial charge in [0.05, 0.1) is 27.9 Å². The fourth-order valence-corrected chi connectivity index (χ4v) is 3.59. The maximum atomic E-state index is 6.28. The molecule has 3 aromatic heterocycles. The van der Waals surface area contributed by atoms with E-state index < -0.39 is 0 Å². The van der Waals surface area contributed by atoms with Crippen molar-refractivity contribution in [1.82, 2.24) is 19.5 Å². The van der Waals surface area contributed by atoms with E-state index in [-0.39, 0.29) is 0 Å². The third-order valence-electron chi connectivity index (χ3n) is 4.82. The van der Waals surface area contributed by atoms with Crippen molar-refractivity contribution < 1.29 is 0 Å². The summed E-state index contributed by atoms with van der Waals surface area (Å²) in [6, 6.07) is 14.3. The Kier molecular flexibility index (Phi) is 3.95. The Bertz CT molecular complexity index is 1330. The van der Waals surface area contributed by atoms with Crippen molar-refractivity contribution in [2.45, 2.75) is 0 Å². The highest BCUT2D eigenvalue weighted by Crippen LogP contribution is 2.34. The Balaban J connectivity index is 1.69. The van der Waals surface area contributed by atoms with Gasteiger partial charge in [0.2, 0.25) is 0 Å². The van der Waals surface area contributed by atoms with Gasteiger partial charge in [-0.15, -0.1) is 0 Å². The van der Waals surface area contributed by atoms with Gasteiger partial charge in [-0.25, -0.2) is 0 Å². The highest BCUT2D eigenvalue weighted by molar-refractivity contribution is 6.33. The summed E-state index contributed by atoms with van der Waals surface area (Å²) >= 11 is 6.28. The maximum Gasteiger partial charge on any atom is 0.0966 e. The van der Waals surface area contributed by atoms with E-state index in [9.17, 15) is 0 Å². The van der Waals surface area contributed by atoms with Gasteiger partial charge in [-0.05, 0) is 42.0 Å². The fourth-order valence-electron chi connectivity index (χ4n) is 3.44. The van der Waals surface area contributed by atoms with Gasteiger partial charge in [-0.2, -0.15) is 0 Å². The molecule has 0 aliphatic rings. The number of aryl methyl sites for hydroxylation is 1. The summed E-state index contributed by atoms with van der Waals surface area (Å²) in [6.45, 7) is 0. The minimum absolute atomic E-state index is 0.612. The number of hydrogen-bond donors (Lipinski definition) is 1. The van der Waals surface area contributed by atoms with E-state index in [1.54, 1.807) is 30.9 Å². The van der Waals surface area contributed by atoms with Crippen LogP contribution in [-0.2, 0) is 7.05 Å². The molecule has 0 bridgehead atoms. The zero-order valence-electron chi connectivity index (χ0n) is 15.1. The molecule has 0 fully saturated rings. The summed E-state index contributed by atoms with van der Waals surface area (Å²) in [6.07, 6.45) is 8.86. The van der Waals surface area contributed by atoms with Crippen LogP contribution < -0.4 is 5.32 Å². The Morgan fingerprint density at radius 2 is 1.86 bits per heavy atom. The molecule has 1 N–H and O–H groups in total. The van der Waals surface area contributed by atoms with Crippen molar-refractivity contribution in [2.24, 2.45) is 7.05 Å². The first-order valence-electron chi connectivity index (χ1n) is 8.86. The molecule has 0 aliphatic heterocycles. The van der Waals surface area contributed by atoms with Crippen LogP contribution in [0.1, 0.15) is 0 Å². The lowest BCUT2D eigenvalue weighted by Crippen LogP contribution is -1.95. The summed E-state index contributed by atoms with van der Waals surface area (Å²) in [5.41, 5.74) is 6.60. The molecule has 0 unspecified atom stereocenters. The Hall–Kier alpha value is -3.44. The van der Waals surface area contributed by atoms with Crippen LogP contribution in [0.25, 0.3) is 33.1 Å². The molecule has 6 heteroatoms. The van der Waals surface area contributed by atoms with E-state index >= 15 is 0 Å². The topological polar surface area (TPSA) is 55.6 Å². The average Bonchev–Trinajstić information content (AvgIpc) is 3.09. The summed E-state index contributed by atoms with van der Waals surface area (Å²) in [4.78, 5) is 13.2. The number of fused-ring (bicyclic) bond motifs is 2. The number of hydrogen-bond acceptors (Lipinski definition) is 4. The predicted octanol–water partition coefficient (Wildman–Crippen LogP) is 5.58. The molecule has 136 valence electrons. The number of rotatable bonds is 3. The predicted molar refractivity (Wildman–Crippen MR) is 114 cm³/mol. The molecule has 0 spiro atoms. The van der Waals surface area contributed by atoms with Gasteiger partial charge in [0.1, 0.15) is 0 Å². The molecule has 0 saturated heterocycles. The number of pyridine rings is 1. The van der Waals surface area contributed by atoms with Crippen LogP contribution in [0.15, 0.2) is 73.4 Å². The van der Waals surface area contributed by atoms with E-state index in [0.29, 0.717) is 5.02 Å². The molecule has 0 aliphatic carbocycles. The van der Waals surface area contributed by atoms with Crippen LogP contribution in [0.2, 0.25) is 5.02 Å². The van der Waals surface area contributed by atoms with Crippen molar-refractivity contribution in [1.29, 1.82) is 0 Å². The highest BCUT2D eigenvalue weighted by Gasteiger charge is 2.11. The second kappa shape index (κ2) is 6.62. The molecule has 5 aromatic rings. The number of nitrogens with one attached hydrogen (secondary N) is 1. The number of aromatic nitrogens is 4. The summed E-state index contributed by atoms with van der Waals surface area (Å²) in [7, 11) is 2.05. The van der Waals surface area contributed by atoms with Crippen molar-refractivity contribution >= 4 is 44.9 Å². The molecule has 0 saturated carbocycles. The lowest BCUT2D eigenvalue weighted by molar-refractivity contribution is 0.969. The van der Waals surface area contributed by atoms with Gasteiger partial charge in [-0.1, -0.05) is 17.7 Å². The third kappa shape index (κ3) is 2.86. The van der Waals surface area contributed by atoms with Crippen LogP contribution in [0.3, 0.4) is 0 Å². The first kappa shape index (κ1) is 16.7. The second-order valence-electron chi connectivity index (χ2n) is 6.63. The van der Waals surface area contributed by atoms with Crippen molar-refractivity contribution in [3.8, 4) is 11.1 Å². The summed E-state index contributed by atoms with van der Waals surface area (Å²) < 4.78 is 2.11. The molecule has 5 rings (SSSR count). The van der Waals surface area contributed by atoms with E-state index in [4.69, 9.17) is 11.6 Å². The molecule has 0 radical (unpaired) electrons. The molecule has 0 amide bonds. The Labute approximate surface area is 166 Å². The van der Waals surface area contributed by atoms with E-state index in [0.717, 1.165) is 33.5 Å². The summed E-state index contributed by atoms with van der Waals surface area (Å²) in [5.74, 6) is 0. The number of nitrogens with zero attached hydrogens (tertiary/aromatic N) is 4. The SMILES string of the molecule is Cn1ccc2cc(-c3cc(Nc4cnccc4Cl)cc4nccnc34)ccc21. The zero-order chi connectivity index (χ0) is 19.1. The number of halogens is 1. The van der Waals surface area contributed by atoms with Crippen LogP contribution in [0.5, 0.6) is 0 Å². The van der Waals surface area contributed by atoms with Gasteiger partial charge in [0.15, 0.2) is 0 Å². The highest BCUT2D eigenvalue weighted by atomic mass is 35.5. The van der Waals surface area contributed by atoms with Gasteiger partial charge in [0, 0.05) is 54.0 Å². The molecule has 28 heavy (non-hydrogen) atoms. The zero-order valence-corrected chi connectivity index (χ0v) is 15.9. The second-order valence-corrected chi connectivity index (χ2v) is 7.04. The van der Waals surface area contributed by atoms with E-state index in [1.165, 1.54) is 10.9 Å². The third-order valence-corrected chi connectivity index (χ3v) is 5.15. The molecular formula is C22H16ClN5. The summed E-state index contributed by atoms with van der Waals surface area (Å²) in [5, 5.41) is 5.15. The lowest BCUT2D eigenvalue weighted by atomic mass is 10.0. The number of anilines is 2. The first-order valence-corrected chi connectivity index (χ1v) is 9.23.